The summed E-state index contributed by atoms with van der Waals surface area (Å²) in [5, 5.41) is 26.3. The van der Waals surface area contributed by atoms with Crippen LogP contribution in [0.15, 0.2) is 110 Å². The number of carbonyl (C=O) groups is 2. The van der Waals surface area contributed by atoms with Crippen LogP contribution in [0.3, 0.4) is 0 Å². The Morgan fingerprint density at radius 2 is 1.02 bits per heavy atom. The first-order valence-corrected chi connectivity index (χ1v) is 17.0. The van der Waals surface area contributed by atoms with E-state index in [-0.39, 0.29) is 34.3 Å². The zero-order valence-corrected chi connectivity index (χ0v) is 28.7. The topological polar surface area (TPSA) is 212 Å². The number of nitrogens with one attached hydrogen (secondary N) is 2. The molecule has 2 amide bonds. The van der Waals surface area contributed by atoms with Gasteiger partial charge in [-0.2, -0.15) is 9.97 Å². The summed E-state index contributed by atoms with van der Waals surface area (Å²) in [5.74, 6) is -1.13. The molecule has 0 spiro atoms. The third-order valence-electron chi connectivity index (χ3n) is 7.67. The lowest BCUT2D eigenvalue weighted by molar-refractivity contribution is 0.0927. The highest BCUT2D eigenvalue weighted by Gasteiger charge is 2.20. The molecule has 0 fully saturated rings. The first kappa shape index (κ1) is 35.1. The SMILES string of the molecule is CC(NC(=O)c1cnc(-c2ccccn2)nc1O)c1ccc(O[PH](=O)Oc2ccc(C(C)NC(=O)c3cnc(-c4ccccn4)nc3O)cc2)cc1. The molecule has 15 nitrogen and oxygen atoms in total. The highest BCUT2D eigenvalue weighted by molar-refractivity contribution is 7.34. The number of pyridine rings is 2. The number of nitrogens with zero attached hydrogens (tertiary/aromatic N) is 6. The molecule has 0 aliphatic heterocycles. The van der Waals surface area contributed by atoms with E-state index >= 15 is 0 Å². The molecular formula is C36H31N8O7P. The molecule has 0 aliphatic rings. The average molecular weight is 719 g/mol. The van der Waals surface area contributed by atoms with Crippen LogP contribution in [0.1, 0.15) is 57.8 Å². The Labute approximate surface area is 297 Å². The van der Waals surface area contributed by atoms with Gasteiger partial charge >= 0.3 is 8.25 Å². The van der Waals surface area contributed by atoms with Gasteiger partial charge in [0.05, 0.1) is 12.1 Å². The van der Waals surface area contributed by atoms with Crippen LogP contribution in [0.5, 0.6) is 23.3 Å². The minimum Gasteiger partial charge on any atom is -0.493 e. The van der Waals surface area contributed by atoms with Gasteiger partial charge in [-0.1, -0.05) is 36.4 Å². The van der Waals surface area contributed by atoms with Gasteiger partial charge in [-0.3, -0.25) is 19.6 Å². The third-order valence-corrected chi connectivity index (χ3v) is 8.48. The predicted molar refractivity (Wildman–Crippen MR) is 189 cm³/mol. The van der Waals surface area contributed by atoms with E-state index in [1.807, 2.05) is 0 Å². The molecule has 2 atom stereocenters. The van der Waals surface area contributed by atoms with Gasteiger partial charge in [0.15, 0.2) is 11.6 Å². The molecule has 6 aromatic rings. The number of amides is 2. The summed E-state index contributed by atoms with van der Waals surface area (Å²) in [4.78, 5) is 50.2. The number of aromatic nitrogens is 6. The second-order valence-corrected chi connectivity index (χ2v) is 12.2. The smallest absolute Gasteiger partial charge is 0.418 e. The molecule has 16 heteroatoms. The Hall–Kier alpha value is -6.73. The van der Waals surface area contributed by atoms with E-state index in [0.29, 0.717) is 22.5 Å². The van der Waals surface area contributed by atoms with Crippen molar-refractivity contribution in [1.29, 1.82) is 0 Å². The summed E-state index contributed by atoms with van der Waals surface area (Å²) in [6.45, 7) is 3.52. The monoisotopic (exact) mass is 718 g/mol. The molecule has 2 aromatic carbocycles. The van der Waals surface area contributed by atoms with E-state index in [1.165, 1.54) is 12.4 Å². The maximum absolute atomic E-state index is 12.8. The van der Waals surface area contributed by atoms with Crippen molar-refractivity contribution in [2.45, 2.75) is 25.9 Å². The fraction of sp³-hybridized carbons (Fsp3) is 0.111. The third kappa shape index (κ3) is 8.52. The van der Waals surface area contributed by atoms with E-state index in [2.05, 4.69) is 40.5 Å². The molecule has 262 valence electrons. The first-order valence-electron chi connectivity index (χ1n) is 15.8. The number of benzene rings is 2. The van der Waals surface area contributed by atoms with E-state index < -0.39 is 43.9 Å². The van der Waals surface area contributed by atoms with Crippen molar-refractivity contribution < 1.29 is 33.4 Å². The average Bonchev–Trinajstić information content (AvgIpc) is 3.15. The van der Waals surface area contributed by atoms with Crippen LogP contribution in [0.4, 0.5) is 0 Å². The second-order valence-electron chi connectivity index (χ2n) is 11.3. The van der Waals surface area contributed by atoms with Crippen LogP contribution >= 0.6 is 8.25 Å². The number of hydrogen-bond donors (Lipinski definition) is 4. The Bertz CT molecular complexity index is 2060. The fourth-order valence-corrected chi connectivity index (χ4v) is 5.58. The number of carbonyl (C=O) groups excluding carboxylic acids is 2. The van der Waals surface area contributed by atoms with Gasteiger partial charge in [-0.05, 0) is 73.5 Å². The van der Waals surface area contributed by atoms with Gasteiger partial charge in [-0.25, -0.2) is 14.5 Å². The Kier molecular flexibility index (Phi) is 10.7. The summed E-state index contributed by atoms with van der Waals surface area (Å²) in [6.07, 6.45) is 5.62. The zero-order valence-electron chi connectivity index (χ0n) is 27.7. The first-order chi connectivity index (χ1) is 25.1. The lowest BCUT2D eigenvalue weighted by Gasteiger charge is -2.16. The standard InChI is InChI=1S/C36H31N8O7P/c1-21(41-33(45)27-19-39-31(43-35(27)47)29-7-3-5-17-37-29)23-9-13-25(14-10-23)50-52(49)51-26-15-11-24(12-16-26)22(2)42-34(46)28-20-40-32(44-36(28)48)30-8-4-6-18-38-30/h3-22,52H,1-2H3,(H,41,45)(H,42,46)(H,39,43,47)(H,40,44,48). The number of hydrogen-bond acceptors (Lipinski definition) is 13. The fourth-order valence-electron chi connectivity index (χ4n) is 4.88. The van der Waals surface area contributed by atoms with E-state index in [1.54, 1.807) is 111 Å². The summed E-state index contributed by atoms with van der Waals surface area (Å²) in [7, 11) is -3.01. The Balaban J connectivity index is 0.984. The largest absolute Gasteiger partial charge is 0.493 e. The van der Waals surface area contributed by atoms with Crippen molar-refractivity contribution in [2.24, 2.45) is 0 Å². The van der Waals surface area contributed by atoms with Crippen LogP contribution in [-0.2, 0) is 4.57 Å². The highest BCUT2D eigenvalue weighted by Crippen LogP contribution is 2.32. The molecule has 6 rings (SSSR count). The van der Waals surface area contributed by atoms with E-state index in [0.717, 1.165) is 0 Å². The number of rotatable bonds is 12. The van der Waals surface area contributed by atoms with Crippen LogP contribution < -0.4 is 19.7 Å². The van der Waals surface area contributed by atoms with Gasteiger partial charge in [0, 0.05) is 24.8 Å². The van der Waals surface area contributed by atoms with Crippen molar-refractivity contribution in [3.05, 3.63) is 132 Å². The Morgan fingerprint density at radius 3 is 1.37 bits per heavy atom. The number of aromatic hydroxyl groups is 2. The summed E-state index contributed by atoms with van der Waals surface area (Å²) < 4.78 is 23.6. The molecule has 4 heterocycles. The van der Waals surface area contributed by atoms with Crippen LogP contribution in [-0.4, -0.2) is 51.9 Å². The molecule has 0 saturated heterocycles. The lowest BCUT2D eigenvalue weighted by Crippen LogP contribution is -2.27. The van der Waals surface area contributed by atoms with Crippen molar-refractivity contribution in [3.63, 3.8) is 0 Å². The van der Waals surface area contributed by atoms with Crippen molar-refractivity contribution in [1.82, 2.24) is 40.5 Å². The van der Waals surface area contributed by atoms with Gasteiger partial charge < -0.3 is 29.9 Å². The molecule has 0 saturated carbocycles. The molecule has 0 radical (unpaired) electrons. The summed E-state index contributed by atoms with van der Waals surface area (Å²) >= 11 is 0. The minimum atomic E-state index is -3.01. The molecule has 2 unspecified atom stereocenters. The van der Waals surface area contributed by atoms with Gasteiger partial charge in [0.1, 0.15) is 34.0 Å². The van der Waals surface area contributed by atoms with Crippen molar-refractivity contribution in [3.8, 4) is 46.3 Å². The highest BCUT2D eigenvalue weighted by atomic mass is 31.1. The van der Waals surface area contributed by atoms with Crippen LogP contribution in [0.25, 0.3) is 23.0 Å². The lowest BCUT2D eigenvalue weighted by atomic mass is 10.1. The quantitative estimate of drug-likeness (QED) is 0.113. The zero-order chi connectivity index (χ0) is 36.6. The second kappa shape index (κ2) is 15.9. The maximum atomic E-state index is 12.8. The van der Waals surface area contributed by atoms with Crippen molar-refractivity contribution >= 4 is 20.1 Å². The van der Waals surface area contributed by atoms with Gasteiger partial charge in [0.25, 0.3) is 11.8 Å². The molecule has 4 aromatic heterocycles. The summed E-state index contributed by atoms with van der Waals surface area (Å²) in [6, 6.07) is 22.6. The molecular weight excluding hydrogens is 687 g/mol. The molecule has 0 aliphatic carbocycles. The molecule has 0 bridgehead atoms. The van der Waals surface area contributed by atoms with E-state index in [4.69, 9.17) is 9.05 Å². The van der Waals surface area contributed by atoms with E-state index in [9.17, 15) is 24.4 Å². The molecule has 4 N–H and O–H groups in total. The van der Waals surface area contributed by atoms with Crippen molar-refractivity contribution in [2.75, 3.05) is 0 Å². The normalized spacial score (nSPS) is 12.6. The van der Waals surface area contributed by atoms with Crippen LogP contribution in [0, 0.1) is 0 Å². The maximum Gasteiger partial charge on any atom is 0.418 e. The molecule has 52 heavy (non-hydrogen) atoms. The Morgan fingerprint density at radius 1 is 0.615 bits per heavy atom. The van der Waals surface area contributed by atoms with Crippen LogP contribution in [0.2, 0.25) is 0 Å². The predicted octanol–water partition coefficient (Wildman–Crippen LogP) is 5.63. The summed E-state index contributed by atoms with van der Waals surface area (Å²) in [5.41, 5.74) is 2.17. The van der Waals surface area contributed by atoms with Gasteiger partial charge in [0.2, 0.25) is 11.8 Å². The van der Waals surface area contributed by atoms with Gasteiger partial charge in [-0.15, -0.1) is 0 Å². The minimum absolute atomic E-state index is 0.0898.